The first-order valence-corrected chi connectivity index (χ1v) is 9.36. The first kappa shape index (κ1) is 18.2. The summed E-state index contributed by atoms with van der Waals surface area (Å²) in [5, 5.41) is 0. The molecule has 0 unspecified atom stereocenters. The van der Waals surface area contributed by atoms with Crippen molar-refractivity contribution in [2.24, 2.45) is 0 Å². The van der Waals surface area contributed by atoms with Gasteiger partial charge in [-0.25, -0.2) is 9.37 Å². The molecule has 0 saturated carbocycles. The van der Waals surface area contributed by atoms with Crippen LogP contribution in [0.2, 0.25) is 0 Å². The average molecular weight is 396 g/mol. The third kappa shape index (κ3) is 3.36. The smallest absolute Gasteiger partial charge is 0.271 e. The van der Waals surface area contributed by atoms with Gasteiger partial charge in [0.05, 0.1) is 32.6 Å². The van der Waals surface area contributed by atoms with Crippen LogP contribution in [0.3, 0.4) is 0 Å². The van der Waals surface area contributed by atoms with Crippen LogP contribution in [0.1, 0.15) is 5.56 Å². The monoisotopic (exact) mass is 396 g/mol. The van der Waals surface area contributed by atoms with Crippen molar-refractivity contribution >= 4 is 21.6 Å². The lowest BCUT2D eigenvalue weighted by Crippen LogP contribution is -2.20. The summed E-state index contributed by atoms with van der Waals surface area (Å²) in [5.41, 5.74) is 2.16. The van der Waals surface area contributed by atoms with E-state index in [0.717, 1.165) is 16.2 Å². The Bertz CT molecular complexity index is 1200. The maximum atomic E-state index is 13.9. The van der Waals surface area contributed by atoms with E-state index in [4.69, 9.17) is 9.47 Å². The molecule has 0 amide bonds. The second kappa shape index (κ2) is 7.44. The molecule has 2 heterocycles. The van der Waals surface area contributed by atoms with Gasteiger partial charge in [0.15, 0.2) is 11.6 Å². The van der Waals surface area contributed by atoms with E-state index in [0.29, 0.717) is 15.8 Å². The summed E-state index contributed by atoms with van der Waals surface area (Å²) in [4.78, 5) is 18.2. The Morgan fingerprint density at radius 2 is 1.86 bits per heavy atom. The summed E-state index contributed by atoms with van der Waals surface area (Å²) in [6, 6.07) is 14.2. The number of hydrogen-bond donors (Lipinski definition) is 0. The van der Waals surface area contributed by atoms with Gasteiger partial charge >= 0.3 is 0 Å². The molecule has 0 aliphatic carbocycles. The molecule has 142 valence electrons. The zero-order valence-corrected chi connectivity index (χ0v) is 16.1. The number of thiophene rings is 1. The van der Waals surface area contributed by atoms with Crippen molar-refractivity contribution in [3.63, 3.8) is 0 Å². The molecule has 0 atom stereocenters. The van der Waals surface area contributed by atoms with Crippen LogP contribution in [0.25, 0.3) is 20.7 Å². The summed E-state index contributed by atoms with van der Waals surface area (Å²) < 4.78 is 26.1. The van der Waals surface area contributed by atoms with Crippen molar-refractivity contribution in [1.82, 2.24) is 9.55 Å². The van der Waals surface area contributed by atoms with E-state index in [9.17, 15) is 9.18 Å². The van der Waals surface area contributed by atoms with Gasteiger partial charge in [-0.1, -0.05) is 6.07 Å². The maximum Gasteiger partial charge on any atom is 0.271 e. The van der Waals surface area contributed by atoms with Crippen LogP contribution in [-0.2, 0) is 6.54 Å². The van der Waals surface area contributed by atoms with Gasteiger partial charge < -0.3 is 9.47 Å². The highest BCUT2D eigenvalue weighted by atomic mass is 32.1. The SMILES string of the molecule is COc1ccc(-c2cc3ncn(Cc4ccc(OC)c(F)c4)c(=O)c3s2)cc1. The topological polar surface area (TPSA) is 53.4 Å². The van der Waals surface area contributed by atoms with Crippen LogP contribution in [0.4, 0.5) is 4.39 Å². The molecular formula is C21H17FN2O3S. The van der Waals surface area contributed by atoms with Crippen molar-refractivity contribution < 1.29 is 13.9 Å². The molecule has 5 nitrogen and oxygen atoms in total. The van der Waals surface area contributed by atoms with Gasteiger partial charge in [0.2, 0.25) is 0 Å². The fourth-order valence-electron chi connectivity index (χ4n) is 2.96. The van der Waals surface area contributed by atoms with Gasteiger partial charge in [-0.15, -0.1) is 11.3 Å². The van der Waals surface area contributed by atoms with E-state index >= 15 is 0 Å². The van der Waals surface area contributed by atoms with Crippen molar-refractivity contribution in [2.45, 2.75) is 6.54 Å². The third-order valence-electron chi connectivity index (χ3n) is 4.45. The van der Waals surface area contributed by atoms with E-state index in [-0.39, 0.29) is 17.9 Å². The van der Waals surface area contributed by atoms with E-state index in [1.54, 1.807) is 19.2 Å². The van der Waals surface area contributed by atoms with Crippen molar-refractivity contribution in [1.29, 1.82) is 0 Å². The van der Waals surface area contributed by atoms with Gasteiger partial charge in [0.1, 0.15) is 10.4 Å². The fourth-order valence-corrected chi connectivity index (χ4v) is 4.03. The lowest BCUT2D eigenvalue weighted by molar-refractivity contribution is 0.386. The predicted octanol–water partition coefficient (Wildman–Crippen LogP) is 4.33. The highest BCUT2D eigenvalue weighted by Gasteiger charge is 2.12. The predicted molar refractivity (Wildman–Crippen MR) is 108 cm³/mol. The maximum absolute atomic E-state index is 13.9. The van der Waals surface area contributed by atoms with Gasteiger partial charge in [-0.3, -0.25) is 9.36 Å². The van der Waals surface area contributed by atoms with Crippen LogP contribution in [0.5, 0.6) is 11.5 Å². The molecular weight excluding hydrogens is 379 g/mol. The normalized spacial score (nSPS) is 11.0. The molecule has 28 heavy (non-hydrogen) atoms. The number of fused-ring (bicyclic) bond motifs is 1. The van der Waals surface area contributed by atoms with Crippen LogP contribution in [0, 0.1) is 5.82 Å². The highest BCUT2D eigenvalue weighted by Crippen LogP contribution is 2.31. The zero-order chi connectivity index (χ0) is 19.7. The van der Waals surface area contributed by atoms with Gasteiger partial charge in [0.25, 0.3) is 5.56 Å². The van der Waals surface area contributed by atoms with Crippen molar-refractivity contribution in [3.8, 4) is 21.9 Å². The summed E-state index contributed by atoms with van der Waals surface area (Å²) in [6.07, 6.45) is 1.50. The van der Waals surface area contributed by atoms with E-state index in [2.05, 4.69) is 4.98 Å². The van der Waals surface area contributed by atoms with Gasteiger partial charge in [-0.2, -0.15) is 0 Å². The number of methoxy groups -OCH3 is 2. The van der Waals surface area contributed by atoms with Crippen molar-refractivity contribution in [3.05, 3.63) is 76.6 Å². The summed E-state index contributed by atoms with van der Waals surface area (Å²) in [5.74, 6) is 0.490. The number of ether oxygens (including phenoxy) is 2. The number of rotatable bonds is 5. The Morgan fingerprint density at radius 3 is 2.54 bits per heavy atom. The molecule has 0 bridgehead atoms. The lowest BCUT2D eigenvalue weighted by Gasteiger charge is -2.07. The molecule has 0 saturated heterocycles. The molecule has 4 aromatic rings. The molecule has 2 aromatic carbocycles. The number of halogens is 1. The number of aromatic nitrogens is 2. The molecule has 0 radical (unpaired) electrons. The summed E-state index contributed by atoms with van der Waals surface area (Å²) in [6.45, 7) is 0.235. The standard InChI is InChI=1S/C21H17FN2O3S/c1-26-15-6-4-14(5-7-15)19-10-17-20(28-19)21(25)24(12-23-17)11-13-3-8-18(27-2)16(22)9-13/h3-10,12H,11H2,1-2H3. The summed E-state index contributed by atoms with van der Waals surface area (Å²) in [7, 11) is 3.03. The van der Waals surface area contributed by atoms with E-state index in [1.807, 2.05) is 30.3 Å². The Balaban J connectivity index is 1.68. The Hall–Kier alpha value is -3.19. The van der Waals surface area contributed by atoms with Crippen LogP contribution >= 0.6 is 11.3 Å². The molecule has 0 aliphatic rings. The molecule has 0 aliphatic heterocycles. The molecule has 0 spiro atoms. The minimum Gasteiger partial charge on any atom is -0.497 e. The molecule has 0 fully saturated rings. The fraction of sp³-hybridized carbons (Fsp3) is 0.143. The van der Waals surface area contributed by atoms with E-state index < -0.39 is 5.82 Å². The van der Waals surface area contributed by atoms with Gasteiger partial charge in [-0.05, 0) is 53.6 Å². The van der Waals surface area contributed by atoms with E-state index in [1.165, 1.54) is 35.4 Å². The molecule has 7 heteroatoms. The van der Waals surface area contributed by atoms with Crippen LogP contribution < -0.4 is 15.0 Å². The summed E-state index contributed by atoms with van der Waals surface area (Å²) >= 11 is 1.39. The second-order valence-corrected chi connectivity index (χ2v) is 7.25. The second-order valence-electron chi connectivity index (χ2n) is 6.20. The van der Waals surface area contributed by atoms with Crippen LogP contribution in [0.15, 0.2) is 59.7 Å². The first-order chi connectivity index (χ1) is 13.6. The molecule has 0 N–H and O–H groups in total. The quantitative estimate of drug-likeness (QED) is 0.504. The lowest BCUT2D eigenvalue weighted by atomic mass is 10.2. The third-order valence-corrected chi connectivity index (χ3v) is 5.61. The number of nitrogens with zero attached hydrogens (tertiary/aromatic N) is 2. The molecule has 4 rings (SSSR count). The largest absolute Gasteiger partial charge is 0.497 e. The highest BCUT2D eigenvalue weighted by molar-refractivity contribution is 7.22. The Morgan fingerprint density at radius 1 is 1.07 bits per heavy atom. The van der Waals surface area contributed by atoms with Crippen molar-refractivity contribution in [2.75, 3.05) is 14.2 Å². The minimum atomic E-state index is -0.458. The minimum absolute atomic E-state index is 0.147. The zero-order valence-electron chi connectivity index (χ0n) is 15.3. The van der Waals surface area contributed by atoms with Gasteiger partial charge in [0, 0.05) is 4.88 Å². The number of benzene rings is 2. The first-order valence-electron chi connectivity index (χ1n) is 8.55. The Labute approximate surface area is 164 Å². The average Bonchev–Trinajstić information content (AvgIpc) is 3.15. The van der Waals surface area contributed by atoms with Crippen LogP contribution in [-0.4, -0.2) is 23.8 Å². The number of hydrogen-bond acceptors (Lipinski definition) is 5. The Kier molecular flexibility index (Phi) is 4.83. The molecule has 2 aromatic heterocycles.